The summed E-state index contributed by atoms with van der Waals surface area (Å²) in [7, 11) is 0. The van der Waals surface area contributed by atoms with E-state index >= 15 is 0 Å². The second-order valence-electron chi connectivity index (χ2n) is 5.15. The van der Waals surface area contributed by atoms with E-state index in [0.717, 1.165) is 9.99 Å². The maximum absolute atomic E-state index is 12.6. The molecular weight excluding hydrogens is 476 g/mol. The van der Waals surface area contributed by atoms with Crippen molar-refractivity contribution >= 4 is 57.4 Å². The van der Waals surface area contributed by atoms with Gasteiger partial charge in [-0.05, 0) is 66.3 Å². The van der Waals surface area contributed by atoms with Crippen molar-refractivity contribution < 1.29 is 14.3 Å². The topological polar surface area (TPSA) is 47.6 Å². The molecule has 0 aliphatic heterocycles. The normalized spacial score (nSPS) is 10.4. The molecule has 0 heterocycles. The number of nitrogens with one attached hydrogen (secondary N) is 1. The average molecular weight is 494 g/mol. The van der Waals surface area contributed by atoms with Crippen LogP contribution in [-0.2, 0) is 0 Å². The zero-order valence-corrected chi connectivity index (χ0v) is 17.5. The fourth-order valence-corrected chi connectivity index (χ4v) is 3.19. The van der Waals surface area contributed by atoms with Gasteiger partial charge in [0.05, 0.1) is 27.5 Å². The van der Waals surface area contributed by atoms with Crippen molar-refractivity contribution in [2.45, 2.75) is 20.3 Å². The first-order valence-electron chi connectivity index (χ1n) is 7.81. The summed E-state index contributed by atoms with van der Waals surface area (Å²) in [4.78, 5) is 12.6. The molecule has 0 aromatic heterocycles. The molecule has 1 N–H and O–H groups in total. The van der Waals surface area contributed by atoms with Crippen LogP contribution in [0.3, 0.4) is 0 Å². The van der Waals surface area contributed by atoms with Gasteiger partial charge in [0.1, 0.15) is 0 Å². The van der Waals surface area contributed by atoms with Crippen LogP contribution >= 0.6 is 45.8 Å². The van der Waals surface area contributed by atoms with Crippen LogP contribution in [0.2, 0.25) is 10.0 Å². The van der Waals surface area contributed by atoms with E-state index in [4.69, 9.17) is 32.7 Å². The van der Waals surface area contributed by atoms with E-state index in [0.29, 0.717) is 46.0 Å². The van der Waals surface area contributed by atoms with Crippen molar-refractivity contribution in [3.05, 3.63) is 49.5 Å². The number of amides is 1. The molecule has 0 atom stereocenters. The molecule has 0 aliphatic rings. The Hall–Kier alpha value is -1.18. The zero-order valence-electron chi connectivity index (χ0n) is 13.9. The van der Waals surface area contributed by atoms with E-state index in [2.05, 4.69) is 27.9 Å². The highest BCUT2D eigenvalue weighted by Gasteiger charge is 2.17. The summed E-state index contributed by atoms with van der Waals surface area (Å²) in [5, 5.41) is 3.68. The van der Waals surface area contributed by atoms with Crippen molar-refractivity contribution in [1.29, 1.82) is 0 Å². The zero-order chi connectivity index (χ0) is 18.4. The average Bonchev–Trinajstić information content (AvgIpc) is 2.57. The highest BCUT2D eigenvalue weighted by molar-refractivity contribution is 14.1. The number of rotatable bonds is 7. The van der Waals surface area contributed by atoms with E-state index in [1.807, 2.05) is 13.8 Å². The van der Waals surface area contributed by atoms with Gasteiger partial charge in [0.2, 0.25) is 0 Å². The number of benzene rings is 2. The number of carbonyl (C=O) groups excluding carboxylic acids is 1. The molecule has 4 nitrogen and oxygen atoms in total. The van der Waals surface area contributed by atoms with Crippen LogP contribution in [0.5, 0.6) is 11.5 Å². The number of hydrogen-bond donors (Lipinski definition) is 1. The third-order valence-corrected chi connectivity index (χ3v) is 4.56. The Labute approximate surface area is 170 Å². The van der Waals surface area contributed by atoms with E-state index in [-0.39, 0.29) is 5.91 Å². The molecule has 1 amide bonds. The van der Waals surface area contributed by atoms with Crippen molar-refractivity contribution in [3.63, 3.8) is 0 Å². The molecule has 0 fully saturated rings. The van der Waals surface area contributed by atoms with Gasteiger partial charge in [0.15, 0.2) is 11.5 Å². The van der Waals surface area contributed by atoms with Crippen LogP contribution in [0.15, 0.2) is 30.3 Å². The minimum absolute atomic E-state index is 0.301. The summed E-state index contributed by atoms with van der Waals surface area (Å²) in [5.41, 5.74) is 0.909. The van der Waals surface area contributed by atoms with E-state index in [1.54, 1.807) is 30.3 Å². The van der Waals surface area contributed by atoms with Crippen LogP contribution in [0.25, 0.3) is 0 Å². The lowest BCUT2D eigenvalue weighted by atomic mass is 10.1. The molecule has 25 heavy (non-hydrogen) atoms. The number of carbonyl (C=O) groups is 1. The SMILES string of the molecule is CCCOc1c(I)cc(C(=O)Nc2cc(Cl)ccc2Cl)cc1OCC. The first kappa shape index (κ1) is 20.1. The molecule has 0 radical (unpaired) electrons. The van der Waals surface area contributed by atoms with Crippen LogP contribution in [-0.4, -0.2) is 19.1 Å². The third kappa shape index (κ3) is 5.39. The summed E-state index contributed by atoms with van der Waals surface area (Å²) < 4.78 is 12.2. The van der Waals surface area contributed by atoms with Gasteiger partial charge in [0, 0.05) is 10.6 Å². The first-order valence-corrected chi connectivity index (χ1v) is 9.65. The van der Waals surface area contributed by atoms with E-state index < -0.39 is 0 Å². The molecule has 2 aromatic carbocycles. The van der Waals surface area contributed by atoms with Gasteiger partial charge >= 0.3 is 0 Å². The molecule has 0 spiro atoms. The minimum atomic E-state index is -0.301. The van der Waals surface area contributed by atoms with Gasteiger partial charge in [-0.2, -0.15) is 0 Å². The van der Waals surface area contributed by atoms with Crippen molar-refractivity contribution in [3.8, 4) is 11.5 Å². The monoisotopic (exact) mass is 493 g/mol. The molecule has 7 heteroatoms. The minimum Gasteiger partial charge on any atom is -0.490 e. The summed E-state index contributed by atoms with van der Waals surface area (Å²) >= 11 is 14.2. The van der Waals surface area contributed by atoms with E-state index in [1.165, 1.54) is 0 Å². The number of ether oxygens (including phenoxy) is 2. The van der Waals surface area contributed by atoms with Crippen LogP contribution in [0, 0.1) is 3.57 Å². The van der Waals surface area contributed by atoms with Gasteiger partial charge in [-0.25, -0.2) is 0 Å². The molecule has 0 saturated heterocycles. The molecule has 2 rings (SSSR count). The number of anilines is 1. The lowest BCUT2D eigenvalue weighted by Crippen LogP contribution is -2.13. The van der Waals surface area contributed by atoms with Crippen molar-refractivity contribution in [2.24, 2.45) is 0 Å². The fourth-order valence-electron chi connectivity index (χ4n) is 2.09. The highest BCUT2D eigenvalue weighted by Crippen LogP contribution is 2.35. The summed E-state index contributed by atoms with van der Waals surface area (Å²) in [6.07, 6.45) is 0.886. The van der Waals surface area contributed by atoms with Crippen LogP contribution < -0.4 is 14.8 Å². The Morgan fingerprint density at radius 3 is 2.60 bits per heavy atom. The standard InChI is InChI=1S/C18H18Cl2INO3/c1-3-7-25-17-14(21)8-11(9-16(17)24-4-2)18(23)22-15-10-12(19)5-6-13(15)20/h5-6,8-10H,3-4,7H2,1-2H3,(H,22,23). The second kappa shape index (κ2) is 9.50. The third-order valence-electron chi connectivity index (χ3n) is 3.20. The molecule has 134 valence electrons. The van der Waals surface area contributed by atoms with Crippen molar-refractivity contribution in [2.75, 3.05) is 18.5 Å². The predicted octanol–water partition coefficient (Wildman–Crippen LogP) is 6.04. The summed E-state index contributed by atoms with van der Waals surface area (Å²) in [6.45, 7) is 4.97. The van der Waals surface area contributed by atoms with Gasteiger partial charge in [-0.3, -0.25) is 4.79 Å². The largest absolute Gasteiger partial charge is 0.490 e. The molecule has 0 unspecified atom stereocenters. The Bertz CT molecular complexity index is 768. The Balaban J connectivity index is 2.31. The predicted molar refractivity (Wildman–Crippen MR) is 111 cm³/mol. The van der Waals surface area contributed by atoms with Crippen LogP contribution in [0.4, 0.5) is 5.69 Å². The van der Waals surface area contributed by atoms with E-state index in [9.17, 15) is 4.79 Å². The Morgan fingerprint density at radius 2 is 1.92 bits per heavy atom. The maximum Gasteiger partial charge on any atom is 0.255 e. The van der Waals surface area contributed by atoms with Gasteiger partial charge in [-0.1, -0.05) is 30.1 Å². The lowest BCUT2D eigenvalue weighted by molar-refractivity contribution is 0.102. The molecule has 0 saturated carbocycles. The van der Waals surface area contributed by atoms with Crippen molar-refractivity contribution in [1.82, 2.24) is 0 Å². The van der Waals surface area contributed by atoms with Gasteiger partial charge in [-0.15, -0.1) is 0 Å². The second-order valence-corrected chi connectivity index (χ2v) is 7.15. The molecule has 0 aliphatic carbocycles. The highest BCUT2D eigenvalue weighted by atomic mass is 127. The fraction of sp³-hybridized carbons (Fsp3) is 0.278. The Morgan fingerprint density at radius 1 is 1.16 bits per heavy atom. The molecule has 0 bridgehead atoms. The Kier molecular flexibility index (Phi) is 7.65. The first-order chi connectivity index (χ1) is 12.0. The molecule has 2 aromatic rings. The quantitative estimate of drug-likeness (QED) is 0.478. The maximum atomic E-state index is 12.6. The number of hydrogen-bond acceptors (Lipinski definition) is 3. The summed E-state index contributed by atoms with van der Waals surface area (Å²) in [6, 6.07) is 8.33. The smallest absolute Gasteiger partial charge is 0.255 e. The van der Waals surface area contributed by atoms with Gasteiger partial charge < -0.3 is 14.8 Å². The summed E-state index contributed by atoms with van der Waals surface area (Å²) in [5.74, 6) is 0.900. The van der Waals surface area contributed by atoms with Crippen LogP contribution in [0.1, 0.15) is 30.6 Å². The van der Waals surface area contributed by atoms with Gasteiger partial charge in [0.25, 0.3) is 5.91 Å². The molecular formula is C18H18Cl2INO3. The lowest BCUT2D eigenvalue weighted by Gasteiger charge is -2.15. The number of halogens is 3.